The van der Waals surface area contributed by atoms with Crippen LogP contribution in [0.3, 0.4) is 0 Å². The van der Waals surface area contributed by atoms with E-state index >= 15 is 4.39 Å². The third-order valence-corrected chi connectivity index (χ3v) is 5.99. The fraction of sp³-hybridized carbons (Fsp3) is 0.0833. The average molecular weight is 499 g/mol. The lowest BCUT2D eigenvalue weighted by atomic mass is 9.97. The van der Waals surface area contributed by atoms with Crippen LogP contribution in [0.25, 0.3) is 21.3 Å². The number of aromatic nitrogens is 1. The number of hydrogen-bond acceptors (Lipinski definition) is 7. The Hall–Kier alpha value is -3.50. The molecule has 3 aromatic carbocycles. The van der Waals surface area contributed by atoms with Gasteiger partial charge in [0.05, 0.1) is 21.7 Å². The number of thiazole rings is 1. The van der Waals surface area contributed by atoms with Crippen molar-refractivity contribution >= 4 is 50.1 Å². The summed E-state index contributed by atoms with van der Waals surface area (Å²) in [5.41, 5.74) is 2.35. The number of amides is 1. The van der Waals surface area contributed by atoms with Crippen molar-refractivity contribution in [3.63, 3.8) is 0 Å². The molecule has 0 saturated heterocycles. The number of anilines is 2. The van der Waals surface area contributed by atoms with Crippen LogP contribution >= 0.6 is 22.9 Å². The molecule has 0 aliphatic carbocycles. The highest BCUT2D eigenvalue weighted by molar-refractivity contribution is 7.22. The predicted molar refractivity (Wildman–Crippen MR) is 132 cm³/mol. The molecule has 4 aromatic rings. The predicted octanol–water partition coefficient (Wildman–Crippen LogP) is 7.12. The van der Waals surface area contributed by atoms with Crippen LogP contribution in [0.4, 0.5) is 20.0 Å². The van der Waals surface area contributed by atoms with Gasteiger partial charge in [0, 0.05) is 17.0 Å². The Morgan fingerprint density at radius 2 is 2.03 bits per heavy atom. The van der Waals surface area contributed by atoms with Gasteiger partial charge in [-0.25, -0.2) is 14.2 Å². The van der Waals surface area contributed by atoms with Crippen LogP contribution in [0.5, 0.6) is 0 Å². The molecule has 1 aromatic heterocycles. The molecule has 4 rings (SSSR count). The molecule has 1 heterocycles. The highest BCUT2D eigenvalue weighted by atomic mass is 35.5. The fourth-order valence-electron chi connectivity index (χ4n) is 3.42. The Kier molecular flexibility index (Phi) is 6.80. The number of nitrogens with zero attached hydrogens (tertiary/aromatic N) is 2. The lowest BCUT2D eigenvalue weighted by Gasteiger charge is -2.21. The minimum Gasteiger partial charge on any atom is -0.733 e. The van der Waals surface area contributed by atoms with Gasteiger partial charge in [-0.15, -0.1) is 0 Å². The highest BCUT2D eigenvalue weighted by Gasteiger charge is 2.20. The topological polar surface area (TPSA) is 97.8 Å². The van der Waals surface area contributed by atoms with E-state index in [1.165, 1.54) is 23.5 Å². The lowest BCUT2D eigenvalue weighted by molar-refractivity contribution is 0.192. The second-order valence-corrected chi connectivity index (χ2v) is 8.90. The van der Waals surface area contributed by atoms with Crippen molar-refractivity contribution in [3.8, 4) is 11.1 Å². The zero-order valence-corrected chi connectivity index (χ0v) is 19.4. The van der Waals surface area contributed by atoms with E-state index in [0.29, 0.717) is 26.4 Å². The van der Waals surface area contributed by atoms with E-state index in [1.54, 1.807) is 49.4 Å². The first kappa shape index (κ1) is 23.7. The zero-order chi connectivity index (χ0) is 24.4. The smallest absolute Gasteiger partial charge is 0.418 e. The van der Waals surface area contributed by atoms with Crippen molar-refractivity contribution in [2.24, 2.45) is 0 Å². The second-order valence-electron chi connectivity index (χ2n) is 7.43. The first-order chi connectivity index (χ1) is 16.2. The van der Waals surface area contributed by atoms with E-state index in [1.807, 2.05) is 0 Å². The van der Waals surface area contributed by atoms with Crippen LogP contribution < -0.4 is 10.5 Å². The number of ether oxygens (including phenoxy) is 1. The number of hydrogen-bond donors (Lipinski definition) is 2. The molecule has 34 heavy (non-hydrogen) atoms. The molecule has 0 bridgehead atoms. The van der Waals surface area contributed by atoms with Crippen molar-refractivity contribution in [1.82, 2.24) is 4.98 Å². The van der Waals surface area contributed by atoms with Crippen molar-refractivity contribution in [1.29, 1.82) is 0 Å². The Labute approximate surface area is 203 Å². The number of carbonyl (C=O) groups excluding carboxylic acids is 1. The van der Waals surface area contributed by atoms with Gasteiger partial charge in [-0.3, -0.25) is 10.5 Å². The van der Waals surface area contributed by atoms with Gasteiger partial charge in [-0.2, -0.15) is 0 Å². The van der Waals surface area contributed by atoms with Gasteiger partial charge in [-0.1, -0.05) is 53.8 Å². The summed E-state index contributed by atoms with van der Waals surface area (Å²) < 4.78 is 21.4. The standard InChI is InChI=1S/C24H18ClFN3O4S/c1-13(2)33-24(30)28-23-27-22-19(34-23)12-16(10-14-6-8-18(9-7-14)29(31)32)21(26)20(22)15-4-3-5-17(25)11-15/h3-9,11-12,31H,1,10H2,2H3,(H,27,28,30)/q-1. The maximum Gasteiger partial charge on any atom is 0.418 e. The van der Waals surface area contributed by atoms with Crippen LogP contribution in [0, 0.1) is 11.0 Å². The van der Waals surface area contributed by atoms with Crippen molar-refractivity contribution in [3.05, 3.63) is 94.1 Å². The number of nitrogens with one attached hydrogen (secondary N) is 1. The van der Waals surface area contributed by atoms with Crippen LogP contribution in [0.1, 0.15) is 18.1 Å². The molecule has 0 aliphatic heterocycles. The largest absolute Gasteiger partial charge is 0.733 e. The summed E-state index contributed by atoms with van der Waals surface area (Å²) in [5.74, 6) is -0.258. The van der Waals surface area contributed by atoms with Crippen LogP contribution in [-0.2, 0) is 11.2 Å². The number of rotatable bonds is 6. The summed E-state index contributed by atoms with van der Waals surface area (Å²) in [4.78, 5) is 16.4. The van der Waals surface area contributed by atoms with Gasteiger partial charge in [-0.05, 0) is 53.9 Å². The van der Waals surface area contributed by atoms with Gasteiger partial charge < -0.3 is 15.2 Å². The van der Waals surface area contributed by atoms with E-state index in [2.05, 4.69) is 16.9 Å². The summed E-state index contributed by atoms with van der Waals surface area (Å²) in [6, 6.07) is 14.6. The summed E-state index contributed by atoms with van der Waals surface area (Å²) in [7, 11) is 0. The number of benzene rings is 3. The minimum absolute atomic E-state index is 0.0686. The molecule has 0 aliphatic rings. The Balaban J connectivity index is 1.80. The first-order valence-corrected chi connectivity index (χ1v) is 11.2. The normalized spacial score (nSPS) is 10.9. The molecular weight excluding hydrogens is 481 g/mol. The third-order valence-electron chi connectivity index (χ3n) is 4.84. The molecule has 0 unspecified atom stereocenters. The third kappa shape index (κ3) is 5.18. The Bertz CT molecular complexity index is 1390. The quantitative estimate of drug-likeness (QED) is 0.217. The van der Waals surface area contributed by atoms with Crippen molar-refractivity contribution < 1.29 is 19.1 Å². The highest BCUT2D eigenvalue weighted by Crippen LogP contribution is 2.39. The fourth-order valence-corrected chi connectivity index (χ4v) is 4.53. The molecule has 0 radical (unpaired) electrons. The van der Waals surface area contributed by atoms with Gasteiger partial charge in [0.2, 0.25) is 0 Å². The molecule has 10 heteroatoms. The van der Waals surface area contributed by atoms with E-state index < -0.39 is 11.9 Å². The summed E-state index contributed by atoms with van der Waals surface area (Å²) in [6.45, 7) is 5.06. The molecule has 0 atom stereocenters. The molecule has 0 spiro atoms. The lowest BCUT2D eigenvalue weighted by Crippen LogP contribution is -2.11. The summed E-state index contributed by atoms with van der Waals surface area (Å²) in [6.07, 6.45) is -0.522. The molecular formula is C24H18ClFN3O4S-. The van der Waals surface area contributed by atoms with E-state index in [9.17, 15) is 10.0 Å². The maximum atomic E-state index is 15.9. The van der Waals surface area contributed by atoms with Gasteiger partial charge >= 0.3 is 6.09 Å². The Morgan fingerprint density at radius 3 is 2.68 bits per heavy atom. The van der Waals surface area contributed by atoms with Crippen molar-refractivity contribution in [2.75, 3.05) is 10.5 Å². The minimum atomic E-state index is -0.743. The molecule has 0 saturated carbocycles. The number of fused-ring (bicyclic) bond motifs is 1. The second kappa shape index (κ2) is 9.78. The number of carbonyl (C=O) groups is 1. The SMILES string of the molecule is C=C(C)OC(=O)Nc1nc2c(-c3cccc(Cl)c3)c(F)c(Cc3ccc(N([O-])O)cc3)cc2s1. The maximum absolute atomic E-state index is 15.9. The van der Waals surface area contributed by atoms with Gasteiger partial charge in [0.25, 0.3) is 0 Å². The number of halogens is 2. The van der Waals surface area contributed by atoms with Crippen molar-refractivity contribution in [2.45, 2.75) is 13.3 Å². The molecule has 174 valence electrons. The molecule has 7 nitrogen and oxygen atoms in total. The van der Waals surface area contributed by atoms with Gasteiger partial charge in [0.1, 0.15) is 5.82 Å². The van der Waals surface area contributed by atoms with E-state index in [4.69, 9.17) is 21.5 Å². The average Bonchev–Trinajstić information content (AvgIpc) is 3.15. The van der Waals surface area contributed by atoms with E-state index in [-0.39, 0.29) is 33.8 Å². The Morgan fingerprint density at radius 1 is 1.29 bits per heavy atom. The first-order valence-electron chi connectivity index (χ1n) is 9.98. The van der Waals surface area contributed by atoms with Crippen LogP contribution in [0.15, 0.2) is 66.9 Å². The number of allylic oxidation sites excluding steroid dienone is 1. The molecule has 0 fully saturated rings. The van der Waals surface area contributed by atoms with Crippen LogP contribution in [-0.4, -0.2) is 16.3 Å². The summed E-state index contributed by atoms with van der Waals surface area (Å²) in [5, 5.41) is 23.0. The van der Waals surface area contributed by atoms with Crippen LogP contribution in [0.2, 0.25) is 5.02 Å². The molecule has 2 N–H and O–H groups in total. The monoisotopic (exact) mass is 498 g/mol. The van der Waals surface area contributed by atoms with E-state index in [0.717, 1.165) is 5.56 Å². The zero-order valence-electron chi connectivity index (χ0n) is 17.8. The van der Waals surface area contributed by atoms with Gasteiger partial charge in [0.15, 0.2) is 5.13 Å². The summed E-state index contributed by atoms with van der Waals surface area (Å²) >= 11 is 7.33. The molecule has 1 amide bonds.